The minimum absolute atomic E-state index is 0.0203. The first-order valence-corrected chi connectivity index (χ1v) is 9.98. The molecule has 1 heterocycles. The summed E-state index contributed by atoms with van der Waals surface area (Å²) in [6.07, 6.45) is 1.56. The van der Waals surface area contributed by atoms with Gasteiger partial charge in [-0.1, -0.05) is 29.8 Å². The van der Waals surface area contributed by atoms with Gasteiger partial charge in [0.05, 0.1) is 11.4 Å². The van der Waals surface area contributed by atoms with Gasteiger partial charge in [-0.2, -0.15) is 0 Å². The summed E-state index contributed by atoms with van der Waals surface area (Å²) in [5.74, 6) is 0.320. The average Bonchev–Trinajstić information content (AvgIpc) is 3.03. The van der Waals surface area contributed by atoms with Crippen LogP contribution in [-0.4, -0.2) is 28.3 Å². The van der Waals surface area contributed by atoms with Gasteiger partial charge in [0.15, 0.2) is 5.11 Å². The molecule has 0 aliphatic rings. The second-order valence-corrected chi connectivity index (χ2v) is 7.88. The van der Waals surface area contributed by atoms with E-state index < -0.39 is 10.0 Å². The first-order chi connectivity index (χ1) is 12.8. The first kappa shape index (κ1) is 19.2. The van der Waals surface area contributed by atoms with Crippen LogP contribution in [0.25, 0.3) is 0 Å². The number of sulfonamides is 1. The lowest BCUT2D eigenvalue weighted by Crippen LogP contribution is -2.20. The Labute approximate surface area is 166 Å². The maximum atomic E-state index is 11.3. The van der Waals surface area contributed by atoms with Gasteiger partial charge in [-0.05, 0) is 48.1 Å². The van der Waals surface area contributed by atoms with Crippen molar-refractivity contribution in [3.63, 3.8) is 0 Å². The Bertz CT molecular complexity index is 1070. The Hall–Kier alpha value is -2.53. The summed E-state index contributed by atoms with van der Waals surface area (Å²) in [5.41, 5.74) is 1.52. The highest BCUT2D eigenvalue weighted by molar-refractivity contribution is 7.89. The molecule has 0 aliphatic carbocycles. The Morgan fingerprint density at radius 2 is 1.85 bits per heavy atom. The molecule has 3 rings (SSSR count). The Balaban J connectivity index is 1.60. The summed E-state index contributed by atoms with van der Waals surface area (Å²) in [5, 5.41) is 16.0. The van der Waals surface area contributed by atoms with Crippen molar-refractivity contribution >= 4 is 50.6 Å². The molecular weight excluding hydrogens is 408 g/mol. The number of nitrogens with zero attached hydrogens (tertiary/aromatic N) is 3. The highest BCUT2D eigenvalue weighted by Gasteiger charge is 2.08. The fraction of sp³-hybridized carbons (Fsp3) is 0.0625. The van der Waals surface area contributed by atoms with Crippen molar-refractivity contribution in [1.29, 1.82) is 0 Å². The highest BCUT2D eigenvalue weighted by Crippen LogP contribution is 2.16. The lowest BCUT2D eigenvalue weighted by molar-refractivity contribution is 0.598. The van der Waals surface area contributed by atoms with Crippen molar-refractivity contribution in [3.8, 4) is 0 Å². The zero-order chi connectivity index (χ0) is 19.4. The Morgan fingerprint density at radius 3 is 2.52 bits per heavy atom. The molecule has 0 radical (unpaired) electrons. The van der Waals surface area contributed by atoms with Crippen molar-refractivity contribution in [2.24, 2.45) is 5.14 Å². The predicted molar refractivity (Wildman–Crippen MR) is 108 cm³/mol. The van der Waals surface area contributed by atoms with Gasteiger partial charge in [0.25, 0.3) is 0 Å². The molecule has 0 bridgehead atoms. The molecule has 0 saturated carbocycles. The number of benzene rings is 2. The first-order valence-electron chi connectivity index (χ1n) is 7.65. The van der Waals surface area contributed by atoms with Crippen LogP contribution in [0.1, 0.15) is 5.56 Å². The van der Waals surface area contributed by atoms with Crippen molar-refractivity contribution in [3.05, 3.63) is 65.4 Å². The summed E-state index contributed by atoms with van der Waals surface area (Å²) in [4.78, 5) is 4.16. The molecule has 0 saturated heterocycles. The number of nitrogens with two attached hydrogens (primary N) is 1. The largest absolute Gasteiger partial charge is 0.332 e. The van der Waals surface area contributed by atoms with E-state index in [1.807, 2.05) is 24.3 Å². The van der Waals surface area contributed by atoms with Gasteiger partial charge in [-0.15, -0.1) is 5.10 Å². The monoisotopic (exact) mass is 422 g/mol. The number of anilines is 2. The van der Waals surface area contributed by atoms with Crippen LogP contribution >= 0.6 is 23.8 Å². The Kier molecular flexibility index (Phi) is 5.71. The molecule has 1 aromatic heterocycles. The number of hydrogen-bond donors (Lipinski definition) is 3. The maximum Gasteiger partial charge on any atom is 0.248 e. The minimum atomic E-state index is -3.73. The van der Waals surface area contributed by atoms with Crippen molar-refractivity contribution < 1.29 is 8.42 Å². The summed E-state index contributed by atoms with van der Waals surface area (Å²) < 4.78 is 24.1. The topological polar surface area (TPSA) is 115 Å². The molecule has 27 heavy (non-hydrogen) atoms. The van der Waals surface area contributed by atoms with Crippen LogP contribution in [0.15, 0.2) is 59.8 Å². The summed E-state index contributed by atoms with van der Waals surface area (Å²) in [6.45, 7) is 0.476. The SMILES string of the molecule is NS(=O)(=O)c1ccc(NC(=S)Nc2ncn(Cc3ccccc3Cl)n2)cc1. The fourth-order valence-corrected chi connectivity index (χ4v) is 3.14. The van der Waals surface area contributed by atoms with Gasteiger partial charge in [-0.3, -0.25) is 5.32 Å². The molecule has 0 amide bonds. The van der Waals surface area contributed by atoms with Crippen LogP contribution in [0.2, 0.25) is 5.02 Å². The second kappa shape index (κ2) is 8.01. The van der Waals surface area contributed by atoms with E-state index in [1.54, 1.807) is 23.1 Å². The van der Waals surface area contributed by atoms with Crippen LogP contribution in [0.3, 0.4) is 0 Å². The molecular formula is C16H15ClN6O2S2. The minimum Gasteiger partial charge on any atom is -0.332 e. The van der Waals surface area contributed by atoms with Gasteiger partial charge >= 0.3 is 0 Å². The van der Waals surface area contributed by atoms with E-state index in [2.05, 4.69) is 20.7 Å². The standard InChI is InChI=1S/C16H15ClN6O2S2/c17-14-4-2-1-3-11(14)9-23-10-19-15(22-23)21-16(26)20-12-5-7-13(8-6-12)27(18,24)25/h1-8,10H,9H2,(H2,18,24,25)(H2,20,21,22,26). The van der Waals surface area contributed by atoms with E-state index in [0.717, 1.165) is 5.56 Å². The molecule has 0 spiro atoms. The van der Waals surface area contributed by atoms with E-state index in [1.165, 1.54) is 12.1 Å². The quantitative estimate of drug-likeness (QED) is 0.541. The molecule has 140 valence electrons. The fourth-order valence-electron chi connectivity index (χ4n) is 2.22. The van der Waals surface area contributed by atoms with E-state index >= 15 is 0 Å². The number of nitrogens with one attached hydrogen (secondary N) is 2. The molecule has 11 heteroatoms. The van der Waals surface area contributed by atoms with E-state index in [0.29, 0.717) is 23.2 Å². The van der Waals surface area contributed by atoms with Gasteiger partial charge in [0, 0.05) is 10.7 Å². The normalized spacial score (nSPS) is 11.2. The smallest absolute Gasteiger partial charge is 0.248 e. The lowest BCUT2D eigenvalue weighted by atomic mass is 10.2. The van der Waals surface area contributed by atoms with Crippen molar-refractivity contribution in [2.45, 2.75) is 11.4 Å². The third-order valence-corrected chi connectivity index (χ3v) is 4.99. The summed E-state index contributed by atoms with van der Waals surface area (Å²) in [7, 11) is -3.73. The van der Waals surface area contributed by atoms with Gasteiger partial charge in [0.1, 0.15) is 6.33 Å². The number of rotatable bonds is 5. The number of aromatic nitrogens is 3. The maximum absolute atomic E-state index is 11.3. The third-order valence-electron chi connectivity index (χ3n) is 3.49. The molecule has 2 aromatic carbocycles. The number of thiocarbonyl (C=S) groups is 1. The van der Waals surface area contributed by atoms with Crippen LogP contribution in [0.5, 0.6) is 0 Å². The molecule has 0 atom stereocenters. The van der Waals surface area contributed by atoms with Crippen LogP contribution < -0.4 is 15.8 Å². The molecule has 0 fully saturated rings. The summed E-state index contributed by atoms with van der Waals surface area (Å²) >= 11 is 11.3. The zero-order valence-corrected chi connectivity index (χ0v) is 16.2. The second-order valence-electron chi connectivity index (χ2n) is 5.51. The lowest BCUT2D eigenvalue weighted by Gasteiger charge is -2.08. The third kappa shape index (κ3) is 5.23. The average molecular weight is 423 g/mol. The van der Waals surface area contributed by atoms with E-state index in [9.17, 15) is 8.42 Å². The number of hydrogen-bond acceptors (Lipinski definition) is 5. The van der Waals surface area contributed by atoms with Gasteiger partial charge in [-0.25, -0.2) is 23.2 Å². The predicted octanol–water partition coefficient (Wildman–Crippen LogP) is 2.44. The molecule has 0 aliphatic heterocycles. The van der Waals surface area contributed by atoms with Crippen LogP contribution in [0, 0.1) is 0 Å². The molecule has 0 unspecified atom stereocenters. The van der Waals surface area contributed by atoms with Crippen LogP contribution in [-0.2, 0) is 16.6 Å². The van der Waals surface area contributed by atoms with E-state index in [4.69, 9.17) is 29.0 Å². The number of primary sulfonamides is 1. The zero-order valence-electron chi connectivity index (χ0n) is 13.8. The van der Waals surface area contributed by atoms with Gasteiger partial charge in [0.2, 0.25) is 16.0 Å². The van der Waals surface area contributed by atoms with Crippen molar-refractivity contribution in [1.82, 2.24) is 14.8 Å². The highest BCUT2D eigenvalue weighted by atomic mass is 35.5. The van der Waals surface area contributed by atoms with Crippen LogP contribution in [0.4, 0.5) is 11.6 Å². The molecule has 3 aromatic rings. The Morgan fingerprint density at radius 1 is 1.15 bits per heavy atom. The number of halogens is 1. The van der Waals surface area contributed by atoms with Gasteiger partial charge < -0.3 is 5.32 Å². The summed E-state index contributed by atoms with van der Waals surface area (Å²) in [6, 6.07) is 13.4. The van der Waals surface area contributed by atoms with E-state index in [-0.39, 0.29) is 10.0 Å². The van der Waals surface area contributed by atoms with Crippen molar-refractivity contribution in [2.75, 3.05) is 10.6 Å². The molecule has 4 N–H and O–H groups in total. The molecule has 8 nitrogen and oxygen atoms in total.